The molecule has 0 atom stereocenters. The number of amidine groups is 1. The number of rotatable bonds is 8. The van der Waals surface area contributed by atoms with Gasteiger partial charge < -0.3 is 14.6 Å². The highest BCUT2D eigenvalue weighted by atomic mass is 32.2. The maximum absolute atomic E-state index is 12.9. The zero-order chi connectivity index (χ0) is 21.7. The van der Waals surface area contributed by atoms with Crippen molar-refractivity contribution in [2.45, 2.75) is 20.3 Å². The normalized spacial score (nSPS) is 16.5. The Morgan fingerprint density at radius 2 is 2.17 bits per heavy atom. The maximum atomic E-state index is 12.9. The second-order valence-electron chi connectivity index (χ2n) is 6.33. The zero-order valence-electron chi connectivity index (χ0n) is 16.7. The van der Waals surface area contributed by atoms with Crippen LogP contribution in [0.3, 0.4) is 0 Å². The van der Waals surface area contributed by atoms with Gasteiger partial charge in [0.05, 0.1) is 17.7 Å². The van der Waals surface area contributed by atoms with E-state index in [-0.39, 0.29) is 5.91 Å². The smallest absolute Gasteiger partial charge is 0.341 e. The number of amides is 1. The van der Waals surface area contributed by atoms with E-state index in [0.717, 1.165) is 17.7 Å². The van der Waals surface area contributed by atoms with Crippen LogP contribution in [0.25, 0.3) is 6.08 Å². The SMILES string of the molecule is CCCN1C(=O)/C(=C\c2ccc(OCC(=O)O)c(OC)c2)S/C1=N/c1nc(C)cs1. The van der Waals surface area contributed by atoms with E-state index in [2.05, 4.69) is 9.98 Å². The van der Waals surface area contributed by atoms with Gasteiger partial charge in [0.1, 0.15) is 0 Å². The van der Waals surface area contributed by atoms with Crippen LogP contribution >= 0.6 is 23.1 Å². The van der Waals surface area contributed by atoms with E-state index in [1.165, 1.54) is 30.2 Å². The van der Waals surface area contributed by atoms with Crippen LogP contribution in [0.4, 0.5) is 5.13 Å². The van der Waals surface area contributed by atoms with Crippen molar-refractivity contribution in [1.82, 2.24) is 9.88 Å². The van der Waals surface area contributed by atoms with Gasteiger partial charge in [-0.25, -0.2) is 9.78 Å². The monoisotopic (exact) mass is 447 g/mol. The molecule has 0 saturated carbocycles. The summed E-state index contributed by atoms with van der Waals surface area (Å²) in [5, 5.41) is 11.9. The summed E-state index contributed by atoms with van der Waals surface area (Å²) < 4.78 is 10.5. The quantitative estimate of drug-likeness (QED) is 0.612. The van der Waals surface area contributed by atoms with Crippen molar-refractivity contribution in [1.29, 1.82) is 0 Å². The number of aliphatic carboxylic acids is 1. The van der Waals surface area contributed by atoms with E-state index < -0.39 is 12.6 Å². The third-order valence-electron chi connectivity index (χ3n) is 3.97. The van der Waals surface area contributed by atoms with Crippen molar-refractivity contribution in [3.05, 3.63) is 39.7 Å². The summed E-state index contributed by atoms with van der Waals surface area (Å²) in [6.07, 6.45) is 2.56. The van der Waals surface area contributed by atoms with Crippen molar-refractivity contribution >= 4 is 51.4 Å². The van der Waals surface area contributed by atoms with Crippen molar-refractivity contribution in [3.63, 3.8) is 0 Å². The van der Waals surface area contributed by atoms with Gasteiger partial charge in [-0.05, 0) is 48.9 Å². The predicted octanol–water partition coefficient (Wildman–Crippen LogP) is 3.94. The van der Waals surface area contributed by atoms with E-state index >= 15 is 0 Å². The van der Waals surface area contributed by atoms with E-state index in [4.69, 9.17) is 14.6 Å². The highest BCUT2D eigenvalue weighted by Gasteiger charge is 2.33. The fourth-order valence-corrected chi connectivity index (χ4v) is 4.40. The second-order valence-corrected chi connectivity index (χ2v) is 8.17. The minimum atomic E-state index is -1.07. The number of ether oxygens (including phenoxy) is 2. The Hall–Kier alpha value is -2.85. The van der Waals surface area contributed by atoms with Gasteiger partial charge in [-0.15, -0.1) is 11.3 Å². The van der Waals surface area contributed by atoms with Crippen LogP contribution in [-0.4, -0.2) is 52.3 Å². The fourth-order valence-electron chi connectivity index (χ4n) is 2.67. The summed E-state index contributed by atoms with van der Waals surface area (Å²) in [6.45, 7) is 4.01. The van der Waals surface area contributed by atoms with Crippen LogP contribution in [0, 0.1) is 6.92 Å². The van der Waals surface area contributed by atoms with Crippen LogP contribution in [0.5, 0.6) is 11.5 Å². The van der Waals surface area contributed by atoms with Crippen LogP contribution in [0.15, 0.2) is 33.5 Å². The third-order valence-corrected chi connectivity index (χ3v) is 5.83. The van der Waals surface area contributed by atoms with Gasteiger partial charge in [0.25, 0.3) is 5.91 Å². The number of carbonyl (C=O) groups excluding carboxylic acids is 1. The van der Waals surface area contributed by atoms with Gasteiger partial charge in [0, 0.05) is 11.9 Å². The Morgan fingerprint density at radius 3 is 2.80 bits per heavy atom. The fraction of sp³-hybridized carbons (Fsp3) is 0.300. The number of aryl methyl sites for hydroxylation is 1. The molecule has 1 amide bonds. The number of carboxylic acid groups (broad SMARTS) is 1. The summed E-state index contributed by atoms with van der Waals surface area (Å²) in [7, 11) is 1.47. The minimum absolute atomic E-state index is 0.112. The molecule has 0 bridgehead atoms. The molecule has 0 radical (unpaired) electrons. The Kier molecular flexibility index (Phi) is 7.11. The molecule has 1 saturated heterocycles. The van der Waals surface area contributed by atoms with Crippen LogP contribution in [-0.2, 0) is 9.59 Å². The Bertz CT molecular complexity index is 1020. The molecule has 1 aromatic carbocycles. The maximum Gasteiger partial charge on any atom is 0.341 e. The van der Waals surface area contributed by atoms with Gasteiger partial charge in [-0.1, -0.05) is 13.0 Å². The Labute approximate surface area is 182 Å². The van der Waals surface area contributed by atoms with E-state index in [9.17, 15) is 9.59 Å². The van der Waals surface area contributed by atoms with Crippen molar-refractivity contribution in [2.24, 2.45) is 4.99 Å². The molecule has 3 rings (SSSR count). The van der Waals surface area contributed by atoms with Gasteiger partial charge in [-0.2, -0.15) is 4.99 Å². The van der Waals surface area contributed by atoms with E-state index in [1.807, 2.05) is 19.2 Å². The zero-order valence-corrected chi connectivity index (χ0v) is 18.4. The molecule has 0 spiro atoms. The Morgan fingerprint density at radius 1 is 1.37 bits per heavy atom. The molecule has 158 valence electrons. The number of benzene rings is 1. The first kappa shape index (κ1) is 21.8. The molecular formula is C20H21N3O5S2. The lowest BCUT2D eigenvalue weighted by atomic mass is 10.2. The van der Waals surface area contributed by atoms with Crippen molar-refractivity contribution in [3.8, 4) is 11.5 Å². The lowest BCUT2D eigenvalue weighted by molar-refractivity contribution is -0.139. The molecule has 1 aliphatic heterocycles. The first-order valence-electron chi connectivity index (χ1n) is 9.16. The highest BCUT2D eigenvalue weighted by Crippen LogP contribution is 2.36. The minimum Gasteiger partial charge on any atom is -0.493 e. The van der Waals surface area contributed by atoms with Crippen LogP contribution in [0.2, 0.25) is 0 Å². The highest BCUT2D eigenvalue weighted by molar-refractivity contribution is 8.18. The topological polar surface area (TPSA) is 101 Å². The first-order chi connectivity index (χ1) is 14.4. The molecule has 2 heterocycles. The number of thioether (sulfide) groups is 1. The number of nitrogens with zero attached hydrogens (tertiary/aromatic N) is 3. The number of hydrogen-bond acceptors (Lipinski definition) is 8. The number of aliphatic imine (C=N–C) groups is 1. The van der Waals surface area contributed by atoms with Gasteiger partial charge >= 0.3 is 5.97 Å². The van der Waals surface area contributed by atoms with Crippen molar-refractivity contribution < 1.29 is 24.2 Å². The molecule has 10 heteroatoms. The van der Waals surface area contributed by atoms with Gasteiger partial charge in [0.15, 0.2) is 23.3 Å². The summed E-state index contributed by atoms with van der Waals surface area (Å²) in [5.74, 6) is -0.478. The number of carbonyl (C=O) groups is 2. The molecule has 1 aromatic heterocycles. The summed E-state index contributed by atoms with van der Waals surface area (Å²) >= 11 is 2.74. The average molecular weight is 448 g/mol. The summed E-state index contributed by atoms with van der Waals surface area (Å²) in [4.78, 5) is 34.8. The average Bonchev–Trinajstić information content (AvgIpc) is 3.25. The number of hydrogen-bond donors (Lipinski definition) is 1. The van der Waals surface area contributed by atoms with Crippen molar-refractivity contribution in [2.75, 3.05) is 20.3 Å². The number of aromatic nitrogens is 1. The predicted molar refractivity (Wildman–Crippen MR) is 118 cm³/mol. The molecule has 1 aliphatic rings. The largest absolute Gasteiger partial charge is 0.493 e. The number of thiazole rings is 1. The molecule has 8 nitrogen and oxygen atoms in total. The van der Waals surface area contributed by atoms with Gasteiger partial charge in [0.2, 0.25) is 5.13 Å². The molecule has 0 unspecified atom stereocenters. The molecule has 0 aliphatic carbocycles. The molecule has 1 fully saturated rings. The lowest BCUT2D eigenvalue weighted by Crippen LogP contribution is -2.29. The first-order valence-corrected chi connectivity index (χ1v) is 10.9. The lowest BCUT2D eigenvalue weighted by Gasteiger charge is -2.13. The molecular weight excluding hydrogens is 426 g/mol. The number of carboxylic acids is 1. The summed E-state index contributed by atoms with van der Waals surface area (Å²) in [5.41, 5.74) is 1.62. The number of methoxy groups -OCH3 is 1. The van der Waals surface area contributed by atoms with Gasteiger partial charge in [-0.3, -0.25) is 9.69 Å². The molecule has 30 heavy (non-hydrogen) atoms. The van der Waals surface area contributed by atoms with Crippen LogP contribution < -0.4 is 9.47 Å². The van der Waals surface area contributed by atoms with Crippen LogP contribution in [0.1, 0.15) is 24.6 Å². The van der Waals surface area contributed by atoms with E-state index in [1.54, 1.807) is 29.2 Å². The standard InChI is InChI=1S/C20H21N3O5S2/c1-4-7-23-18(26)16(30-20(23)22-19-21-12(2)11-29-19)9-13-5-6-14(15(8-13)27-3)28-10-17(24)25/h5-6,8-9,11H,4,7,10H2,1-3H3,(H,24,25)/b16-9+,22-20+. The Balaban J connectivity index is 1.88. The third kappa shape index (κ3) is 5.19. The summed E-state index contributed by atoms with van der Waals surface area (Å²) in [6, 6.07) is 5.06. The second kappa shape index (κ2) is 9.77. The molecule has 2 aromatic rings. The van der Waals surface area contributed by atoms with E-state index in [0.29, 0.717) is 33.2 Å². The molecule has 1 N–H and O–H groups in total.